The molecular formula is H4KNaO4Se. The molecule has 0 aromatic rings. The molecule has 0 spiro atoms. The molecule has 0 aromatic heterocycles. The van der Waals surface area contributed by atoms with E-state index in [1.807, 2.05) is 0 Å². The average Bonchev–Trinajstić information content (AvgIpc) is 0.722. The van der Waals surface area contributed by atoms with Gasteiger partial charge < -0.3 is 2.85 Å². The van der Waals surface area contributed by atoms with Crippen LogP contribution in [0.4, 0.5) is 0 Å². The van der Waals surface area contributed by atoms with Crippen LogP contribution >= 0.6 is 0 Å². The maximum absolute atomic E-state index is 8.82. The van der Waals surface area contributed by atoms with Gasteiger partial charge in [0.15, 0.2) is 0 Å². The van der Waals surface area contributed by atoms with Gasteiger partial charge in [0.1, 0.15) is 0 Å². The van der Waals surface area contributed by atoms with E-state index in [4.69, 9.17) is 16.0 Å². The molecule has 0 heterocycles. The second-order valence-electron chi connectivity index (χ2n) is 0.448. The molecule has 0 bridgehead atoms. The van der Waals surface area contributed by atoms with Crippen LogP contribution in [0.1, 0.15) is 2.85 Å². The van der Waals surface area contributed by atoms with Gasteiger partial charge in [-0.25, -0.2) is 0 Å². The second-order valence-corrected chi connectivity index (χ2v) is 2.33. The van der Waals surface area contributed by atoms with E-state index in [9.17, 15) is 0 Å². The molecule has 0 aromatic carbocycles. The topological polar surface area (TPSA) is 74.6 Å². The third-order valence-electron chi connectivity index (χ3n) is 0. The fourth-order valence-corrected chi connectivity index (χ4v) is 0. The minimum absolute atomic E-state index is 0. The van der Waals surface area contributed by atoms with Crippen LogP contribution in [0.2, 0.25) is 0 Å². The van der Waals surface area contributed by atoms with Gasteiger partial charge in [-0.05, 0) is 0 Å². The Hall–Kier alpha value is 2.68. The summed E-state index contributed by atoms with van der Waals surface area (Å²) in [5.74, 6) is 0. The quantitative estimate of drug-likeness (QED) is 0.389. The van der Waals surface area contributed by atoms with E-state index in [2.05, 4.69) is 0 Å². The van der Waals surface area contributed by atoms with E-state index in [0.717, 1.165) is 0 Å². The maximum Gasteiger partial charge on any atom is 1.00 e. The van der Waals surface area contributed by atoms with E-state index in [1.54, 1.807) is 0 Å². The fourth-order valence-electron chi connectivity index (χ4n) is 0. The summed E-state index contributed by atoms with van der Waals surface area (Å²) in [5, 5.41) is 0. The van der Waals surface area contributed by atoms with Crippen molar-refractivity contribution in [2.75, 3.05) is 0 Å². The Morgan fingerprint density at radius 1 is 1.29 bits per heavy atom. The molecule has 36 valence electrons. The van der Waals surface area contributed by atoms with Crippen molar-refractivity contribution in [1.29, 1.82) is 0 Å². The van der Waals surface area contributed by atoms with Crippen LogP contribution in [0.3, 0.4) is 0 Å². The predicted octanol–water partition coefficient (Wildman–Crippen LogP) is -7.50. The van der Waals surface area contributed by atoms with Gasteiger partial charge in [-0.3, -0.25) is 0 Å². The van der Waals surface area contributed by atoms with Crippen LogP contribution in [0, 0.1) is 0 Å². The summed E-state index contributed by atoms with van der Waals surface area (Å²) in [5.41, 5.74) is 0. The SMILES string of the molecule is O=[Se](=O)(O)O.[H-].[H-].[K+].[Na+]. The van der Waals surface area contributed by atoms with Gasteiger partial charge in [-0.1, -0.05) is 0 Å². The Balaban J connectivity index is -0.0000000133. The minimum atomic E-state index is -5.25. The standard InChI is InChI=1S/K.Na.H2O4Se.2H/c;;1-5(2,3)4;;/h;;(H2,1,2,3,4);;/q2*+1;;2*-1. The fraction of sp³-hybridized carbons (Fsp3) is 0. The Bertz CT molecular complexity index is 102. The zero-order valence-electron chi connectivity index (χ0n) is 6.12. The smallest absolute Gasteiger partial charge is 1.00 e. The van der Waals surface area contributed by atoms with Crippen LogP contribution in [-0.2, 0) is 7.67 Å². The molecular weight excluding hydrogens is 205 g/mol. The first-order chi connectivity index (χ1) is 2.00. The van der Waals surface area contributed by atoms with Gasteiger partial charge >= 0.3 is 110 Å². The van der Waals surface area contributed by atoms with E-state index in [-0.39, 0.29) is 83.8 Å². The Kier molecular flexibility index (Phi) is 15.9. The summed E-state index contributed by atoms with van der Waals surface area (Å²) in [7, 11) is 0. The molecule has 0 saturated carbocycles. The number of hydrogen-bond donors (Lipinski definition) is 2. The van der Waals surface area contributed by atoms with Gasteiger partial charge in [-0.15, -0.1) is 0 Å². The second kappa shape index (κ2) is 6.79. The third-order valence-corrected chi connectivity index (χ3v) is 0. The van der Waals surface area contributed by atoms with Crippen molar-refractivity contribution in [3.8, 4) is 0 Å². The van der Waals surface area contributed by atoms with E-state index in [0.29, 0.717) is 0 Å². The Morgan fingerprint density at radius 2 is 1.29 bits per heavy atom. The summed E-state index contributed by atoms with van der Waals surface area (Å²) in [6, 6.07) is 0. The molecule has 0 fully saturated rings. The maximum atomic E-state index is 8.82. The summed E-state index contributed by atoms with van der Waals surface area (Å²) in [6.45, 7) is 0. The van der Waals surface area contributed by atoms with E-state index in [1.165, 1.54) is 0 Å². The van der Waals surface area contributed by atoms with E-state index < -0.39 is 13.4 Å². The van der Waals surface area contributed by atoms with Crippen LogP contribution < -0.4 is 80.9 Å². The molecule has 7 heteroatoms. The summed E-state index contributed by atoms with van der Waals surface area (Å²) >= 11 is -5.25. The van der Waals surface area contributed by atoms with Crippen LogP contribution in [0.25, 0.3) is 0 Å². The zero-order valence-corrected chi connectivity index (χ0v) is 11.0. The molecule has 0 unspecified atom stereocenters. The predicted molar refractivity (Wildman–Crippen MR) is 13.8 cm³/mol. The molecule has 0 radical (unpaired) electrons. The summed E-state index contributed by atoms with van der Waals surface area (Å²) in [4.78, 5) is 0. The first-order valence-electron chi connectivity index (χ1n) is 0.698. The molecule has 0 saturated heterocycles. The van der Waals surface area contributed by atoms with Crippen molar-refractivity contribution in [3.05, 3.63) is 0 Å². The minimum Gasteiger partial charge on any atom is -1.00 e. The van der Waals surface area contributed by atoms with Crippen LogP contribution in [0.15, 0.2) is 0 Å². The Morgan fingerprint density at radius 3 is 1.29 bits per heavy atom. The van der Waals surface area contributed by atoms with Gasteiger partial charge in [0, 0.05) is 0 Å². The largest absolute Gasteiger partial charge is 1.00 e. The molecule has 0 rings (SSSR count). The number of hydrogen-bond acceptors (Lipinski definition) is 2. The average molecular weight is 209 g/mol. The number of rotatable bonds is 0. The summed E-state index contributed by atoms with van der Waals surface area (Å²) < 4.78 is 31.9. The van der Waals surface area contributed by atoms with Crippen LogP contribution in [-0.4, -0.2) is 21.7 Å². The van der Waals surface area contributed by atoms with Crippen molar-refractivity contribution in [1.82, 2.24) is 0 Å². The van der Waals surface area contributed by atoms with Crippen molar-refractivity contribution in [3.63, 3.8) is 0 Å². The van der Waals surface area contributed by atoms with Gasteiger partial charge in [-0.2, -0.15) is 0 Å². The molecule has 4 nitrogen and oxygen atoms in total. The first kappa shape index (κ1) is 16.3. The molecule has 7 heavy (non-hydrogen) atoms. The molecule has 0 atom stereocenters. The third kappa shape index (κ3) is 54.0. The van der Waals surface area contributed by atoms with Crippen molar-refractivity contribution < 1.29 is 99.8 Å². The monoisotopic (exact) mass is 210 g/mol. The molecule has 2 N–H and O–H groups in total. The Labute approximate surface area is 111 Å². The summed E-state index contributed by atoms with van der Waals surface area (Å²) in [6.07, 6.45) is 0. The van der Waals surface area contributed by atoms with Crippen molar-refractivity contribution in [2.45, 2.75) is 0 Å². The molecule has 0 amide bonds. The normalized spacial score (nSPS) is 8.29. The van der Waals surface area contributed by atoms with Gasteiger partial charge in [0.2, 0.25) is 0 Å². The van der Waals surface area contributed by atoms with Gasteiger partial charge in [0.25, 0.3) is 0 Å². The van der Waals surface area contributed by atoms with Gasteiger partial charge in [0.05, 0.1) is 0 Å². The van der Waals surface area contributed by atoms with Crippen molar-refractivity contribution in [2.24, 2.45) is 0 Å². The van der Waals surface area contributed by atoms with E-state index >= 15 is 0 Å². The molecule has 0 aliphatic carbocycles. The zero-order chi connectivity index (χ0) is 4.50. The molecule has 0 aliphatic heterocycles. The first-order valence-corrected chi connectivity index (χ1v) is 3.63. The van der Waals surface area contributed by atoms with Crippen LogP contribution in [0.5, 0.6) is 0 Å². The molecule has 0 aliphatic rings. The van der Waals surface area contributed by atoms with Crippen molar-refractivity contribution >= 4 is 13.4 Å².